The summed E-state index contributed by atoms with van der Waals surface area (Å²) >= 11 is 6.10. The molecule has 0 amide bonds. The Labute approximate surface area is 101 Å². The molecule has 1 aromatic carbocycles. The predicted molar refractivity (Wildman–Crippen MR) is 66.4 cm³/mol. The number of hydrogen-bond donors (Lipinski definition) is 2. The molecule has 1 unspecified atom stereocenters. The summed E-state index contributed by atoms with van der Waals surface area (Å²) in [6, 6.07) is 5.66. The summed E-state index contributed by atoms with van der Waals surface area (Å²) in [7, 11) is 3.88. The molecule has 0 spiro atoms. The molecule has 4 nitrogen and oxygen atoms in total. The van der Waals surface area contributed by atoms with Crippen LogP contribution in [0, 0.1) is 0 Å². The lowest BCUT2D eigenvalue weighted by Gasteiger charge is -2.24. The maximum Gasteiger partial charge on any atom is 0.137 e. The van der Waals surface area contributed by atoms with Gasteiger partial charge in [-0.25, -0.2) is 5.43 Å². The highest BCUT2D eigenvalue weighted by Crippen LogP contribution is 2.28. The molecule has 0 aliphatic rings. The third kappa shape index (κ3) is 3.09. The second-order valence-electron chi connectivity index (χ2n) is 3.66. The number of nitrogens with one attached hydrogen (secondary N) is 1. The fraction of sp³-hybridized carbons (Fsp3) is 0.455. The van der Waals surface area contributed by atoms with Crippen LogP contribution in [0.2, 0.25) is 5.02 Å². The zero-order valence-corrected chi connectivity index (χ0v) is 10.6. The molecule has 90 valence electrons. The van der Waals surface area contributed by atoms with E-state index >= 15 is 0 Å². The van der Waals surface area contributed by atoms with Crippen molar-refractivity contribution in [3.63, 3.8) is 0 Å². The van der Waals surface area contributed by atoms with Gasteiger partial charge < -0.3 is 4.74 Å². The lowest BCUT2D eigenvalue weighted by molar-refractivity contribution is 0.252. The van der Waals surface area contributed by atoms with Crippen molar-refractivity contribution in [2.24, 2.45) is 5.84 Å². The zero-order chi connectivity index (χ0) is 12.1. The van der Waals surface area contributed by atoms with Gasteiger partial charge in [0.05, 0.1) is 17.8 Å². The third-order valence-electron chi connectivity index (χ3n) is 2.25. The van der Waals surface area contributed by atoms with Crippen LogP contribution in [-0.2, 0) is 0 Å². The van der Waals surface area contributed by atoms with Crippen LogP contribution in [0.1, 0.15) is 18.7 Å². The molecule has 0 saturated heterocycles. The Morgan fingerprint density at radius 1 is 1.50 bits per heavy atom. The van der Waals surface area contributed by atoms with E-state index in [0.717, 1.165) is 5.56 Å². The summed E-state index contributed by atoms with van der Waals surface area (Å²) in [4.78, 5) is 1.96. The van der Waals surface area contributed by atoms with Gasteiger partial charge in [0.2, 0.25) is 0 Å². The first-order valence-corrected chi connectivity index (χ1v) is 5.52. The number of nitrogens with two attached hydrogens (primary N) is 1. The Bertz CT molecular complexity index is 344. The summed E-state index contributed by atoms with van der Waals surface area (Å²) in [5.41, 5.74) is 3.72. The molecule has 0 fully saturated rings. The van der Waals surface area contributed by atoms with E-state index in [1.807, 2.05) is 44.1 Å². The summed E-state index contributed by atoms with van der Waals surface area (Å²) in [6.45, 7) is 2.53. The molecular weight excluding hydrogens is 226 g/mol. The van der Waals surface area contributed by atoms with Crippen molar-refractivity contribution in [3.8, 4) is 5.75 Å². The van der Waals surface area contributed by atoms with Crippen molar-refractivity contribution in [3.05, 3.63) is 28.8 Å². The second-order valence-corrected chi connectivity index (χ2v) is 4.06. The number of rotatable bonds is 5. The fourth-order valence-corrected chi connectivity index (χ4v) is 1.75. The van der Waals surface area contributed by atoms with Gasteiger partial charge in [-0.15, -0.1) is 0 Å². The summed E-state index contributed by atoms with van der Waals surface area (Å²) in [5, 5.41) is 0.599. The average molecular weight is 244 g/mol. The monoisotopic (exact) mass is 243 g/mol. The first-order chi connectivity index (χ1) is 7.60. The molecule has 0 heterocycles. The van der Waals surface area contributed by atoms with E-state index < -0.39 is 0 Å². The van der Waals surface area contributed by atoms with E-state index in [1.54, 1.807) is 0 Å². The molecule has 3 N–H and O–H groups in total. The first kappa shape index (κ1) is 13.3. The number of halogens is 1. The highest BCUT2D eigenvalue weighted by molar-refractivity contribution is 6.32. The molecule has 1 rings (SSSR count). The van der Waals surface area contributed by atoms with Crippen LogP contribution >= 0.6 is 11.6 Å². The summed E-state index contributed by atoms with van der Waals surface area (Å²) < 4.78 is 5.37. The van der Waals surface area contributed by atoms with Gasteiger partial charge in [-0.05, 0) is 38.7 Å². The maximum atomic E-state index is 6.10. The normalized spacial score (nSPS) is 12.9. The Morgan fingerprint density at radius 2 is 2.19 bits per heavy atom. The van der Waals surface area contributed by atoms with E-state index in [-0.39, 0.29) is 6.17 Å². The van der Waals surface area contributed by atoms with Gasteiger partial charge in [0, 0.05) is 0 Å². The van der Waals surface area contributed by atoms with Gasteiger partial charge in [-0.2, -0.15) is 0 Å². The quantitative estimate of drug-likeness (QED) is 0.470. The minimum atomic E-state index is -0.0619. The van der Waals surface area contributed by atoms with Crippen LogP contribution in [-0.4, -0.2) is 25.6 Å². The van der Waals surface area contributed by atoms with E-state index in [0.29, 0.717) is 17.4 Å². The topological polar surface area (TPSA) is 50.5 Å². The van der Waals surface area contributed by atoms with E-state index in [9.17, 15) is 0 Å². The highest BCUT2D eigenvalue weighted by Gasteiger charge is 2.13. The molecule has 0 bridgehead atoms. The van der Waals surface area contributed by atoms with Gasteiger partial charge in [0.25, 0.3) is 0 Å². The Balaban J connectivity index is 2.95. The molecule has 16 heavy (non-hydrogen) atoms. The molecule has 0 aromatic heterocycles. The summed E-state index contributed by atoms with van der Waals surface area (Å²) in [6.07, 6.45) is -0.0619. The highest BCUT2D eigenvalue weighted by atomic mass is 35.5. The molecule has 1 aromatic rings. The average Bonchev–Trinajstić information content (AvgIpc) is 2.22. The van der Waals surface area contributed by atoms with Crippen LogP contribution in [0.15, 0.2) is 18.2 Å². The van der Waals surface area contributed by atoms with Crippen LogP contribution in [0.3, 0.4) is 0 Å². The van der Waals surface area contributed by atoms with Crippen molar-refractivity contribution in [2.45, 2.75) is 13.1 Å². The van der Waals surface area contributed by atoms with E-state index in [4.69, 9.17) is 22.2 Å². The van der Waals surface area contributed by atoms with Gasteiger partial charge in [0.15, 0.2) is 0 Å². The summed E-state index contributed by atoms with van der Waals surface area (Å²) in [5.74, 6) is 6.18. The fourth-order valence-electron chi connectivity index (χ4n) is 1.50. The van der Waals surface area contributed by atoms with E-state index in [2.05, 4.69) is 5.43 Å². The minimum Gasteiger partial charge on any atom is -0.492 e. The number of hydrazine groups is 1. The zero-order valence-electron chi connectivity index (χ0n) is 9.83. The maximum absolute atomic E-state index is 6.10. The molecule has 1 atom stereocenters. The van der Waals surface area contributed by atoms with Crippen LogP contribution < -0.4 is 16.0 Å². The van der Waals surface area contributed by atoms with Crippen LogP contribution in [0.25, 0.3) is 0 Å². The van der Waals surface area contributed by atoms with Crippen molar-refractivity contribution < 1.29 is 4.74 Å². The molecular formula is C11H18ClN3O. The number of nitrogens with zero attached hydrogens (tertiary/aromatic N) is 1. The first-order valence-electron chi connectivity index (χ1n) is 5.15. The SMILES string of the molecule is CCOc1ccc(C(NN)N(C)C)cc1Cl. The predicted octanol–water partition coefficient (Wildman–Crippen LogP) is 1.76. The number of hydrogen-bond acceptors (Lipinski definition) is 4. The lowest BCUT2D eigenvalue weighted by atomic mass is 10.1. The van der Waals surface area contributed by atoms with Crippen molar-refractivity contribution in [1.82, 2.24) is 10.3 Å². The number of benzene rings is 1. The molecule has 0 saturated carbocycles. The van der Waals surface area contributed by atoms with Gasteiger partial charge >= 0.3 is 0 Å². The Hall–Kier alpha value is -0.810. The largest absolute Gasteiger partial charge is 0.492 e. The standard InChI is InChI=1S/C11H18ClN3O/c1-4-16-10-6-5-8(7-9(10)12)11(14-13)15(2)3/h5-7,11,14H,4,13H2,1-3H3. The van der Waals surface area contributed by atoms with Crippen molar-refractivity contribution in [2.75, 3.05) is 20.7 Å². The van der Waals surface area contributed by atoms with Gasteiger partial charge in [0.1, 0.15) is 5.75 Å². The lowest BCUT2D eigenvalue weighted by Crippen LogP contribution is -2.37. The van der Waals surface area contributed by atoms with Gasteiger partial charge in [-0.3, -0.25) is 10.7 Å². The third-order valence-corrected chi connectivity index (χ3v) is 2.54. The smallest absolute Gasteiger partial charge is 0.137 e. The molecule has 0 radical (unpaired) electrons. The van der Waals surface area contributed by atoms with Crippen LogP contribution in [0.5, 0.6) is 5.75 Å². The van der Waals surface area contributed by atoms with Crippen LogP contribution in [0.4, 0.5) is 0 Å². The van der Waals surface area contributed by atoms with Gasteiger partial charge in [-0.1, -0.05) is 17.7 Å². The molecule has 5 heteroatoms. The van der Waals surface area contributed by atoms with Crippen molar-refractivity contribution in [1.29, 1.82) is 0 Å². The molecule has 0 aliphatic heterocycles. The molecule has 0 aliphatic carbocycles. The Morgan fingerprint density at radius 3 is 2.62 bits per heavy atom. The Kier molecular flexibility index (Phi) is 5.02. The van der Waals surface area contributed by atoms with Crippen molar-refractivity contribution >= 4 is 11.6 Å². The number of ether oxygens (including phenoxy) is 1. The minimum absolute atomic E-state index is 0.0619. The van der Waals surface area contributed by atoms with E-state index in [1.165, 1.54) is 0 Å². The second kappa shape index (κ2) is 6.06.